The van der Waals surface area contributed by atoms with Crippen LogP contribution < -0.4 is 11.3 Å². The van der Waals surface area contributed by atoms with Crippen molar-refractivity contribution in [3.8, 4) is 0 Å². The minimum atomic E-state index is 0.0161. The Morgan fingerprint density at radius 3 is 2.53 bits per heavy atom. The van der Waals surface area contributed by atoms with E-state index in [1.807, 2.05) is 0 Å². The molecule has 0 saturated heterocycles. The van der Waals surface area contributed by atoms with Crippen LogP contribution in [0.5, 0.6) is 0 Å². The molecule has 19 heavy (non-hydrogen) atoms. The van der Waals surface area contributed by atoms with Gasteiger partial charge in [0.1, 0.15) is 0 Å². The standard InChI is InChI=1S/C15H13BrN2S/c16-14-9-8-13(19-14)15(18-17)12-7-3-5-10-4-1-2-6-11(10)12/h1-9,15,18H,17H2. The monoisotopic (exact) mass is 332 g/mol. The van der Waals surface area contributed by atoms with Crippen molar-refractivity contribution in [3.63, 3.8) is 0 Å². The number of hydrogen-bond acceptors (Lipinski definition) is 3. The highest BCUT2D eigenvalue weighted by Crippen LogP contribution is 2.33. The van der Waals surface area contributed by atoms with Gasteiger partial charge in [-0.15, -0.1) is 11.3 Å². The van der Waals surface area contributed by atoms with E-state index in [0.717, 1.165) is 3.79 Å². The third-order valence-electron chi connectivity index (χ3n) is 3.18. The summed E-state index contributed by atoms with van der Waals surface area (Å²) in [5.74, 6) is 5.78. The number of hydrogen-bond donors (Lipinski definition) is 2. The van der Waals surface area contributed by atoms with Crippen molar-refractivity contribution in [2.75, 3.05) is 0 Å². The zero-order valence-corrected chi connectivity index (χ0v) is 12.5. The molecule has 0 aliphatic heterocycles. The fourth-order valence-corrected chi connectivity index (χ4v) is 3.81. The van der Waals surface area contributed by atoms with Gasteiger partial charge in [-0.05, 0) is 44.4 Å². The molecule has 3 aromatic rings. The van der Waals surface area contributed by atoms with Crippen molar-refractivity contribution in [2.24, 2.45) is 5.84 Å². The Morgan fingerprint density at radius 2 is 1.79 bits per heavy atom. The zero-order chi connectivity index (χ0) is 13.2. The fraction of sp³-hybridized carbons (Fsp3) is 0.0667. The van der Waals surface area contributed by atoms with Crippen LogP contribution in [0, 0.1) is 0 Å². The average molecular weight is 333 g/mol. The lowest BCUT2D eigenvalue weighted by Gasteiger charge is -2.17. The molecule has 2 aromatic carbocycles. The van der Waals surface area contributed by atoms with Crippen molar-refractivity contribution >= 4 is 38.0 Å². The average Bonchev–Trinajstić information content (AvgIpc) is 2.86. The van der Waals surface area contributed by atoms with E-state index in [-0.39, 0.29) is 6.04 Å². The molecule has 3 rings (SSSR count). The van der Waals surface area contributed by atoms with Crippen molar-refractivity contribution < 1.29 is 0 Å². The summed E-state index contributed by atoms with van der Waals surface area (Å²) in [4.78, 5) is 1.20. The van der Waals surface area contributed by atoms with Crippen LogP contribution in [0.15, 0.2) is 58.4 Å². The molecular weight excluding hydrogens is 320 g/mol. The normalized spacial score (nSPS) is 12.7. The Morgan fingerprint density at radius 1 is 1.00 bits per heavy atom. The molecule has 96 valence electrons. The number of benzene rings is 2. The predicted octanol–water partition coefficient (Wildman–Crippen LogP) is 4.22. The molecular formula is C15H13BrN2S. The summed E-state index contributed by atoms with van der Waals surface area (Å²) in [6, 6.07) is 18.9. The summed E-state index contributed by atoms with van der Waals surface area (Å²) >= 11 is 5.20. The molecule has 0 saturated carbocycles. The molecule has 3 N–H and O–H groups in total. The van der Waals surface area contributed by atoms with Crippen LogP contribution in [-0.4, -0.2) is 0 Å². The zero-order valence-electron chi connectivity index (χ0n) is 10.1. The summed E-state index contributed by atoms with van der Waals surface area (Å²) in [6.45, 7) is 0. The molecule has 0 spiro atoms. The summed E-state index contributed by atoms with van der Waals surface area (Å²) in [7, 11) is 0. The van der Waals surface area contributed by atoms with Crippen LogP contribution in [0.1, 0.15) is 16.5 Å². The van der Waals surface area contributed by atoms with Crippen molar-refractivity contribution in [1.29, 1.82) is 0 Å². The largest absolute Gasteiger partial charge is 0.271 e. The number of nitrogens with two attached hydrogens (primary N) is 1. The number of thiophene rings is 1. The third-order valence-corrected chi connectivity index (χ3v) is 4.87. The van der Waals surface area contributed by atoms with Gasteiger partial charge in [0.2, 0.25) is 0 Å². The lowest BCUT2D eigenvalue weighted by Crippen LogP contribution is -2.28. The second-order valence-electron chi connectivity index (χ2n) is 4.31. The van der Waals surface area contributed by atoms with Gasteiger partial charge in [0.15, 0.2) is 0 Å². The highest BCUT2D eigenvalue weighted by atomic mass is 79.9. The first-order valence-electron chi connectivity index (χ1n) is 5.98. The number of fused-ring (bicyclic) bond motifs is 1. The van der Waals surface area contributed by atoms with E-state index < -0.39 is 0 Å². The molecule has 4 heteroatoms. The Labute approximate surface area is 124 Å². The lowest BCUT2D eigenvalue weighted by atomic mass is 9.98. The van der Waals surface area contributed by atoms with E-state index in [2.05, 4.69) is 76.0 Å². The molecule has 0 aliphatic rings. The molecule has 2 nitrogen and oxygen atoms in total. The van der Waals surface area contributed by atoms with E-state index in [4.69, 9.17) is 5.84 Å². The van der Waals surface area contributed by atoms with Crippen molar-refractivity contribution in [2.45, 2.75) is 6.04 Å². The molecule has 0 bridgehead atoms. The van der Waals surface area contributed by atoms with Gasteiger partial charge in [-0.3, -0.25) is 5.84 Å². The topological polar surface area (TPSA) is 38.0 Å². The van der Waals surface area contributed by atoms with E-state index in [1.165, 1.54) is 21.2 Å². The smallest absolute Gasteiger partial charge is 0.0808 e. The van der Waals surface area contributed by atoms with Gasteiger partial charge in [0.25, 0.3) is 0 Å². The molecule has 1 unspecified atom stereocenters. The van der Waals surface area contributed by atoms with Gasteiger partial charge >= 0.3 is 0 Å². The van der Waals surface area contributed by atoms with Crippen LogP contribution in [0.4, 0.5) is 0 Å². The Balaban J connectivity index is 2.16. The molecule has 0 aliphatic carbocycles. The van der Waals surface area contributed by atoms with E-state index in [0.29, 0.717) is 0 Å². The Kier molecular flexibility index (Phi) is 3.66. The second-order valence-corrected chi connectivity index (χ2v) is 6.80. The number of rotatable bonds is 3. The number of hydrazine groups is 1. The maximum Gasteiger partial charge on any atom is 0.0808 e. The van der Waals surface area contributed by atoms with Crippen molar-refractivity contribution in [3.05, 3.63) is 68.8 Å². The van der Waals surface area contributed by atoms with Gasteiger partial charge in [-0.25, -0.2) is 5.43 Å². The molecule has 1 heterocycles. The molecule has 0 amide bonds. The summed E-state index contributed by atoms with van der Waals surface area (Å²) in [5.41, 5.74) is 4.13. The van der Waals surface area contributed by atoms with E-state index in [1.54, 1.807) is 11.3 Å². The van der Waals surface area contributed by atoms with Gasteiger partial charge < -0.3 is 0 Å². The quantitative estimate of drug-likeness (QED) is 0.556. The van der Waals surface area contributed by atoms with Crippen LogP contribution in [0.3, 0.4) is 0 Å². The minimum Gasteiger partial charge on any atom is -0.271 e. The maximum atomic E-state index is 5.78. The molecule has 0 fully saturated rings. The molecule has 1 aromatic heterocycles. The minimum absolute atomic E-state index is 0.0161. The Hall–Kier alpha value is -1.20. The molecule has 1 atom stereocenters. The summed E-state index contributed by atoms with van der Waals surface area (Å²) in [5, 5.41) is 2.47. The van der Waals surface area contributed by atoms with E-state index >= 15 is 0 Å². The summed E-state index contributed by atoms with van der Waals surface area (Å²) < 4.78 is 1.11. The number of halogens is 1. The van der Waals surface area contributed by atoms with Gasteiger partial charge in [-0.1, -0.05) is 42.5 Å². The first-order valence-corrected chi connectivity index (χ1v) is 7.59. The highest BCUT2D eigenvalue weighted by molar-refractivity contribution is 9.11. The predicted molar refractivity (Wildman–Crippen MR) is 85.1 cm³/mol. The number of nitrogens with one attached hydrogen (secondary N) is 1. The summed E-state index contributed by atoms with van der Waals surface area (Å²) in [6.07, 6.45) is 0. The SMILES string of the molecule is NNC(c1ccc(Br)s1)c1cccc2ccccc12. The highest BCUT2D eigenvalue weighted by Gasteiger charge is 2.16. The van der Waals surface area contributed by atoms with Crippen molar-refractivity contribution in [1.82, 2.24) is 5.43 Å². The first-order chi connectivity index (χ1) is 9.29. The molecule has 0 radical (unpaired) electrons. The van der Waals surface area contributed by atoms with E-state index in [9.17, 15) is 0 Å². The Bertz CT molecular complexity index is 703. The fourth-order valence-electron chi connectivity index (χ4n) is 2.31. The van der Waals surface area contributed by atoms with Crippen LogP contribution in [0.2, 0.25) is 0 Å². The van der Waals surface area contributed by atoms with Gasteiger partial charge in [0, 0.05) is 4.88 Å². The maximum absolute atomic E-state index is 5.78. The third kappa shape index (κ3) is 2.44. The first kappa shape index (κ1) is 12.8. The second kappa shape index (κ2) is 5.43. The van der Waals surface area contributed by atoms with Crippen LogP contribution >= 0.6 is 27.3 Å². The van der Waals surface area contributed by atoms with Crippen LogP contribution in [0.25, 0.3) is 10.8 Å². The van der Waals surface area contributed by atoms with Crippen LogP contribution in [-0.2, 0) is 0 Å². The lowest BCUT2D eigenvalue weighted by molar-refractivity contribution is 0.651. The van der Waals surface area contributed by atoms with Gasteiger partial charge in [0.05, 0.1) is 9.83 Å². The van der Waals surface area contributed by atoms with Gasteiger partial charge in [-0.2, -0.15) is 0 Å².